The average molecular weight is 256 g/mol. The molecule has 0 saturated carbocycles. The van der Waals surface area contributed by atoms with Crippen LogP contribution in [0.2, 0.25) is 0 Å². The van der Waals surface area contributed by atoms with E-state index in [9.17, 15) is 0 Å². The van der Waals surface area contributed by atoms with Gasteiger partial charge in [0.15, 0.2) is 0 Å². The smallest absolute Gasteiger partial charge is 0.133 e. The van der Waals surface area contributed by atoms with E-state index >= 15 is 0 Å². The van der Waals surface area contributed by atoms with Crippen molar-refractivity contribution < 1.29 is 4.74 Å². The molecule has 0 bridgehead atoms. The first kappa shape index (κ1) is 9.99. The van der Waals surface area contributed by atoms with Crippen LogP contribution in [-0.2, 0) is 6.42 Å². The highest BCUT2D eigenvalue weighted by Crippen LogP contribution is 2.38. The summed E-state index contributed by atoms with van der Waals surface area (Å²) in [4.78, 5) is 0. The van der Waals surface area contributed by atoms with E-state index in [1.165, 1.54) is 17.5 Å². The van der Waals surface area contributed by atoms with E-state index in [0.29, 0.717) is 5.92 Å². The first-order valence-electron chi connectivity index (χ1n) is 4.82. The Morgan fingerprint density at radius 3 is 3.00 bits per heavy atom. The Morgan fingerprint density at radius 1 is 1.57 bits per heavy atom. The van der Waals surface area contributed by atoms with Crippen LogP contribution in [0.25, 0.3) is 0 Å². The minimum atomic E-state index is 0.534. The van der Waals surface area contributed by atoms with E-state index in [1.807, 2.05) is 0 Å². The quantitative estimate of drug-likeness (QED) is 0.882. The van der Waals surface area contributed by atoms with Gasteiger partial charge in [-0.1, -0.05) is 0 Å². The first-order valence-corrected chi connectivity index (χ1v) is 5.62. The minimum absolute atomic E-state index is 0.534. The highest BCUT2D eigenvalue weighted by Gasteiger charge is 2.22. The van der Waals surface area contributed by atoms with Crippen LogP contribution < -0.4 is 10.5 Å². The monoisotopic (exact) mass is 255 g/mol. The Kier molecular flexibility index (Phi) is 2.79. The maximum atomic E-state index is 5.72. The predicted molar refractivity (Wildman–Crippen MR) is 60.8 cm³/mol. The molecule has 0 radical (unpaired) electrons. The number of fused-ring (bicyclic) bond motifs is 1. The Balaban J connectivity index is 2.44. The molecule has 0 spiro atoms. The summed E-state index contributed by atoms with van der Waals surface area (Å²) in [6.07, 6.45) is 2.30. The standard InChI is InChI=1S/C11H14BrNO/c1-14-11-4-7-2-3-8(6-13)9(7)5-10(11)12/h4-5,8H,2-3,6,13H2,1H3. The lowest BCUT2D eigenvalue weighted by atomic mass is 10.0. The van der Waals surface area contributed by atoms with Crippen LogP contribution >= 0.6 is 15.9 Å². The van der Waals surface area contributed by atoms with Crippen molar-refractivity contribution in [3.05, 3.63) is 27.7 Å². The lowest BCUT2D eigenvalue weighted by molar-refractivity contribution is 0.411. The summed E-state index contributed by atoms with van der Waals surface area (Å²) in [7, 11) is 1.70. The Labute approximate surface area is 92.6 Å². The van der Waals surface area contributed by atoms with Gasteiger partial charge in [-0.25, -0.2) is 0 Å². The molecule has 0 heterocycles. The van der Waals surface area contributed by atoms with Gasteiger partial charge in [0.2, 0.25) is 0 Å². The second-order valence-corrected chi connectivity index (χ2v) is 4.51. The van der Waals surface area contributed by atoms with Gasteiger partial charge in [0.05, 0.1) is 11.6 Å². The fraction of sp³-hybridized carbons (Fsp3) is 0.455. The average Bonchev–Trinajstić information content (AvgIpc) is 2.58. The fourth-order valence-corrected chi connectivity index (χ4v) is 2.62. The highest BCUT2D eigenvalue weighted by atomic mass is 79.9. The number of hydrogen-bond donors (Lipinski definition) is 1. The molecule has 1 atom stereocenters. The molecule has 0 fully saturated rings. The van der Waals surface area contributed by atoms with Gasteiger partial charge in [0, 0.05) is 0 Å². The van der Waals surface area contributed by atoms with Crippen LogP contribution in [-0.4, -0.2) is 13.7 Å². The van der Waals surface area contributed by atoms with Crippen LogP contribution in [0.3, 0.4) is 0 Å². The summed E-state index contributed by atoms with van der Waals surface area (Å²) in [5, 5.41) is 0. The molecule has 76 valence electrons. The van der Waals surface area contributed by atoms with Gasteiger partial charge in [0.1, 0.15) is 5.75 Å². The van der Waals surface area contributed by atoms with Crippen molar-refractivity contribution in [1.82, 2.24) is 0 Å². The number of halogens is 1. The number of rotatable bonds is 2. The Morgan fingerprint density at radius 2 is 2.36 bits per heavy atom. The van der Waals surface area contributed by atoms with E-state index in [0.717, 1.165) is 23.2 Å². The molecule has 3 heteroatoms. The molecule has 1 aromatic rings. The number of methoxy groups -OCH3 is 1. The van der Waals surface area contributed by atoms with Gasteiger partial charge in [-0.15, -0.1) is 0 Å². The van der Waals surface area contributed by atoms with Crippen LogP contribution in [0.4, 0.5) is 0 Å². The van der Waals surface area contributed by atoms with Crippen molar-refractivity contribution in [3.63, 3.8) is 0 Å². The molecule has 2 N–H and O–H groups in total. The zero-order valence-corrected chi connectivity index (χ0v) is 9.80. The molecule has 0 saturated heterocycles. The maximum Gasteiger partial charge on any atom is 0.133 e. The van der Waals surface area contributed by atoms with Crippen molar-refractivity contribution in [2.75, 3.05) is 13.7 Å². The summed E-state index contributed by atoms with van der Waals surface area (Å²) in [5.74, 6) is 1.45. The van der Waals surface area contributed by atoms with E-state index in [4.69, 9.17) is 10.5 Å². The van der Waals surface area contributed by atoms with Gasteiger partial charge >= 0.3 is 0 Å². The van der Waals surface area contributed by atoms with Gasteiger partial charge in [0.25, 0.3) is 0 Å². The Bertz CT molecular complexity index is 351. The van der Waals surface area contributed by atoms with Crippen LogP contribution in [0.1, 0.15) is 23.5 Å². The molecular formula is C11H14BrNO. The van der Waals surface area contributed by atoms with E-state index in [-0.39, 0.29) is 0 Å². The van der Waals surface area contributed by atoms with Crippen molar-refractivity contribution in [1.29, 1.82) is 0 Å². The van der Waals surface area contributed by atoms with Gasteiger partial charge in [-0.2, -0.15) is 0 Å². The molecule has 2 nitrogen and oxygen atoms in total. The third kappa shape index (κ3) is 1.55. The zero-order valence-electron chi connectivity index (χ0n) is 8.22. The molecule has 1 aromatic carbocycles. The fourth-order valence-electron chi connectivity index (χ4n) is 2.09. The number of nitrogens with two attached hydrogens (primary N) is 1. The van der Waals surface area contributed by atoms with Crippen LogP contribution in [0.5, 0.6) is 5.75 Å². The summed E-state index contributed by atoms with van der Waals surface area (Å²) in [6, 6.07) is 4.27. The highest BCUT2D eigenvalue weighted by molar-refractivity contribution is 9.10. The van der Waals surface area contributed by atoms with Crippen molar-refractivity contribution >= 4 is 15.9 Å². The summed E-state index contributed by atoms with van der Waals surface area (Å²) in [6.45, 7) is 0.742. The maximum absolute atomic E-state index is 5.72. The minimum Gasteiger partial charge on any atom is -0.496 e. The second-order valence-electron chi connectivity index (χ2n) is 3.66. The second kappa shape index (κ2) is 3.91. The van der Waals surface area contributed by atoms with Gasteiger partial charge in [-0.05, 0) is 64.5 Å². The van der Waals surface area contributed by atoms with Gasteiger partial charge in [-0.3, -0.25) is 0 Å². The van der Waals surface area contributed by atoms with E-state index in [1.54, 1.807) is 7.11 Å². The topological polar surface area (TPSA) is 35.2 Å². The molecule has 1 unspecified atom stereocenters. The summed E-state index contributed by atoms with van der Waals surface area (Å²) < 4.78 is 6.29. The van der Waals surface area contributed by atoms with Gasteiger partial charge < -0.3 is 10.5 Å². The number of ether oxygens (including phenoxy) is 1. The first-order chi connectivity index (χ1) is 6.76. The molecule has 0 amide bonds. The largest absolute Gasteiger partial charge is 0.496 e. The number of hydrogen-bond acceptors (Lipinski definition) is 2. The van der Waals surface area contributed by atoms with Crippen molar-refractivity contribution in [2.45, 2.75) is 18.8 Å². The normalized spacial score (nSPS) is 19.5. The lowest BCUT2D eigenvalue weighted by Crippen LogP contribution is -2.09. The predicted octanol–water partition coefficient (Wildman–Crippen LogP) is 2.45. The SMILES string of the molecule is COc1cc2c(cc1Br)C(CN)CC2. The third-order valence-corrected chi connectivity index (χ3v) is 3.52. The molecule has 1 aliphatic carbocycles. The van der Waals surface area contributed by atoms with Crippen LogP contribution in [0, 0.1) is 0 Å². The lowest BCUT2D eigenvalue weighted by Gasteiger charge is -2.10. The molecule has 1 aliphatic rings. The van der Waals surface area contributed by atoms with E-state index in [2.05, 4.69) is 28.1 Å². The van der Waals surface area contributed by atoms with Crippen molar-refractivity contribution in [3.8, 4) is 5.75 Å². The molecule has 2 rings (SSSR count). The van der Waals surface area contributed by atoms with Crippen LogP contribution in [0.15, 0.2) is 16.6 Å². The molecular weight excluding hydrogens is 242 g/mol. The summed E-state index contributed by atoms with van der Waals surface area (Å²) in [5.41, 5.74) is 8.50. The number of aryl methyl sites for hydroxylation is 1. The summed E-state index contributed by atoms with van der Waals surface area (Å²) >= 11 is 3.50. The molecule has 0 aliphatic heterocycles. The van der Waals surface area contributed by atoms with Crippen molar-refractivity contribution in [2.24, 2.45) is 5.73 Å². The molecule has 14 heavy (non-hydrogen) atoms. The third-order valence-electron chi connectivity index (χ3n) is 2.90. The number of benzene rings is 1. The molecule has 0 aromatic heterocycles. The Hall–Kier alpha value is -0.540. The van der Waals surface area contributed by atoms with E-state index < -0.39 is 0 Å². The zero-order chi connectivity index (χ0) is 10.1.